The number of hydrogen-bond donors (Lipinski definition) is 0. The van der Waals surface area contributed by atoms with Crippen LogP contribution in [0.5, 0.6) is 0 Å². The molecule has 108 valence electrons. The van der Waals surface area contributed by atoms with E-state index in [-0.39, 0.29) is 11.8 Å². The minimum atomic E-state index is -0.336. The Labute approximate surface area is 123 Å². The summed E-state index contributed by atoms with van der Waals surface area (Å²) in [5.74, 6) is -0.582. The number of rotatable bonds is 4. The third-order valence-electron chi connectivity index (χ3n) is 3.14. The van der Waals surface area contributed by atoms with Crippen molar-refractivity contribution in [2.24, 2.45) is 0 Å². The molecule has 0 saturated heterocycles. The summed E-state index contributed by atoms with van der Waals surface area (Å²) in [7, 11) is 0. The first-order valence-electron chi connectivity index (χ1n) is 6.81. The summed E-state index contributed by atoms with van der Waals surface area (Å²) < 4.78 is 17.8. The van der Waals surface area contributed by atoms with Gasteiger partial charge in [-0.15, -0.1) is 0 Å². The Morgan fingerprint density at radius 3 is 2.10 bits per heavy atom. The van der Waals surface area contributed by atoms with Crippen LogP contribution in [0.1, 0.15) is 19.4 Å². The molecule has 0 unspecified atom stereocenters. The van der Waals surface area contributed by atoms with E-state index in [0.717, 1.165) is 22.3 Å². The number of carbonyl (C=O) groups is 1. The number of allylic oxidation sites excluding steroid dienone is 1. The van der Waals surface area contributed by atoms with E-state index >= 15 is 0 Å². The van der Waals surface area contributed by atoms with Crippen molar-refractivity contribution in [1.82, 2.24) is 0 Å². The molecular formula is C18H17FO2. The predicted octanol–water partition coefficient (Wildman–Crippen LogP) is 4.46. The van der Waals surface area contributed by atoms with Crippen LogP contribution in [0, 0.1) is 5.82 Å². The van der Waals surface area contributed by atoms with Crippen LogP contribution in [0.4, 0.5) is 4.39 Å². The molecule has 0 aliphatic heterocycles. The summed E-state index contributed by atoms with van der Waals surface area (Å²) in [6.45, 7) is 4.01. The number of carbonyl (C=O) groups excluding carboxylic acids is 1. The van der Waals surface area contributed by atoms with Crippen LogP contribution in [-0.4, -0.2) is 12.6 Å². The monoisotopic (exact) mass is 284 g/mol. The highest BCUT2D eigenvalue weighted by Gasteiger charge is 2.02. The fourth-order valence-corrected chi connectivity index (χ4v) is 2.01. The first-order valence-corrected chi connectivity index (χ1v) is 6.81. The number of esters is 1. The third-order valence-corrected chi connectivity index (χ3v) is 3.14. The molecule has 0 N–H and O–H groups in total. The normalized spacial score (nSPS) is 11.3. The maximum absolute atomic E-state index is 12.9. The van der Waals surface area contributed by atoms with Gasteiger partial charge in [0.25, 0.3) is 0 Å². The van der Waals surface area contributed by atoms with Crippen molar-refractivity contribution in [1.29, 1.82) is 0 Å². The lowest BCUT2D eigenvalue weighted by molar-refractivity contribution is -0.137. The topological polar surface area (TPSA) is 26.3 Å². The fourth-order valence-electron chi connectivity index (χ4n) is 2.01. The van der Waals surface area contributed by atoms with E-state index in [1.807, 2.05) is 31.2 Å². The van der Waals surface area contributed by atoms with Crippen LogP contribution in [0.2, 0.25) is 0 Å². The van der Waals surface area contributed by atoms with Gasteiger partial charge in [-0.2, -0.15) is 0 Å². The highest BCUT2D eigenvalue weighted by Crippen LogP contribution is 2.22. The van der Waals surface area contributed by atoms with Gasteiger partial charge in [0.2, 0.25) is 0 Å². The van der Waals surface area contributed by atoms with Crippen LogP contribution >= 0.6 is 0 Å². The zero-order valence-corrected chi connectivity index (χ0v) is 12.1. The number of halogens is 1. The minimum absolute atomic E-state index is 0.247. The van der Waals surface area contributed by atoms with Gasteiger partial charge in [0, 0.05) is 6.08 Å². The van der Waals surface area contributed by atoms with Crippen molar-refractivity contribution in [2.75, 3.05) is 6.61 Å². The molecule has 2 rings (SSSR count). The average molecular weight is 284 g/mol. The largest absolute Gasteiger partial charge is 0.463 e. The van der Waals surface area contributed by atoms with Gasteiger partial charge in [0.15, 0.2) is 0 Å². The van der Waals surface area contributed by atoms with Gasteiger partial charge in [0.05, 0.1) is 6.61 Å². The van der Waals surface area contributed by atoms with Gasteiger partial charge in [-0.05, 0) is 48.2 Å². The Balaban J connectivity index is 2.19. The molecule has 0 radical (unpaired) electrons. The molecule has 2 nitrogen and oxygen atoms in total. The van der Waals surface area contributed by atoms with Crippen LogP contribution in [0.3, 0.4) is 0 Å². The van der Waals surface area contributed by atoms with Crippen LogP contribution in [0.25, 0.3) is 16.7 Å². The lowest BCUT2D eigenvalue weighted by Gasteiger charge is -2.05. The molecular weight excluding hydrogens is 267 g/mol. The van der Waals surface area contributed by atoms with E-state index in [2.05, 4.69) is 0 Å². The number of benzene rings is 2. The average Bonchev–Trinajstić information content (AvgIpc) is 2.48. The number of ether oxygens (including phenoxy) is 1. The van der Waals surface area contributed by atoms with E-state index < -0.39 is 0 Å². The molecule has 0 heterocycles. The van der Waals surface area contributed by atoms with Crippen LogP contribution < -0.4 is 0 Å². The van der Waals surface area contributed by atoms with Crippen molar-refractivity contribution < 1.29 is 13.9 Å². The Morgan fingerprint density at radius 2 is 1.57 bits per heavy atom. The Bertz CT molecular complexity index is 640. The summed E-state index contributed by atoms with van der Waals surface area (Å²) in [6.07, 6.45) is 1.48. The second kappa shape index (κ2) is 6.84. The van der Waals surface area contributed by atoms with Crippen LogP contribution in [-0.2, 0) is 9.53 Å². The molecule has 0 amide bonds. The van der Waals surface area contributed by atoms with Crippen molar-refractivity contribution in [3.05, 3.63) is 66.0 Å². The minimum Gasteiger partial charge on any atom is -0.463 e. The van der Waals surface area contributed by atoms with Gasteiger partial charge < -0.3 is 4.74 Å². The van der Waals surface area contributed by atoms with Crippen molar-refractivity contribution in [3.8, 4) is 11.1 Å². The van der Waals surface area contributed by atoms with E-state index in [0.29, 0.717) is 6.61 Å². The first kappa shape index (κ1) is 15.0. The fraction of sp³-hybridized carbons (Fsp3) is 0.167. The van der Waals surface area contributed by atoms with Gasteiger partial charge in [-0.1, -0.05) is 36.4 Å². The summed E-state index contributed by atoms with van der Waals surface area (Å²) in [5, 5.41) is 0. The van der Waals surface area contributed by atoms with Gasteiger partial charge >= 0.3 is 5.97 Å². The summed E-state index contributed by atoms with van der Waals surface area (Å²) in [4.78, 5) is 11.4. The second-order valence-electron chi connectivity index (χ2n) is 4.66. The maximum Gasteiger partial charge on any atom is 0.331 e. The first-order chi connectivity index (χ1) is 10.1. The van der Waals surface area contributed by atoms with Crippen LogP contribution in [0.15, 0.2) is 54.6 Å². The standard InChI is InChI=1S/C18H17FO2/c1-3-21-18(20)12-13(2)14-4-6-15(7-5-14)16-8-10-17(19)11-9-16/h4-12H,3H2,1-2H3/b13-12-. The summed E-state index contributed by atoms with van der Waals surface area (Å²) in [6, 6.07) is 14.1. The Morgan fingerprint density at radius 1 is 1.05 bits per heavy atom. The molecule has 0 saturated carbocycles. The van der Waals surface area contributed by atoms with Gasteiger partial charge in [0.1, 0.15) is 5.82 Å². The highest BCUT2D eigenvalue weighted by atomic mass is 19.1. The van der Waals surface area contributed by atoms with Crippen molar-refractivity contribution in [2.45, 2.75) is 13.8 Å². The Hall–Kier alpha value is -2.42. The summed E-state index contributed by atoms with van der Waals surface area (Å²) >= 11 is 0. The SMILES string of the molecule is CCOC(=O)/C=C(/C)c1ccc(-c2ccc(F)cc2)cc1. The molecule has 0 fully saturated rings. The molecule has 0 spiro atoms. The molecule has 0 atom stereocenters. The molecule has 0 aliphatic rings. The molecule has 2 aromatic carbocycles. The Kier molecular flexibility index (Phi) is 4.88. The highest BCUT2D eigenvalue weighted by molar-refractivity contribution is 5.91. The van der Waals surface area contributed by atoms with Gasteiger partial charge in [-0.25, -0.2) is 9.18 Å². The smallest absolute Gasteiger partial charge is 0.331 e. The zero-order valence-electron chi connectivity index (χ0n) is 12.1. The van der Waals surface area contributed by atoms with E-state index in [1.165, 1.54) is 18.2 Å². The van der Waals surface area contributed by atoms with Crippen molar-refractivity contribution >= 4 is 11.5 Å². The molecule has 0 bridgehead atoms. The lowest BCUT2D eigenvalue weighted by Crippen LogP contribution is -2.00. The lowest BCUT2D eigenvalue weighted by atomic mass is 10.0. The molecule has 0 aliphatic carbocycles. The number of hydrogen-bond acceptors (Lipinski definition) is 2. The summed E-state index contributed by atoms with van der Waals surface area (Å²) in [5.41, 5.74) is 3.76. The molecule has 3 heteroatoms. The van der Waals surface area contributed by atoms with E-state index in [9.17, 15) is 9.18 Å². The maximum atomic E-state index is 12.9. The molecule has 21 heavy (non-hydrogen) atoms. The quantitative estimate of drug-likeness (QED) is 0.612. The predicted molar refractivity (Wildman–Crippen MR) is 82.1 cm³/mol. The zero-order chi connectivity index (χ0) is 15.2. The molecule has 2 aromatic rings. The van der Waals surface area contributed by atoms with E-state index in [1.54, 1.807) is 19.1 Å². The van der Waals surface area contributed by atoms with Crippen molar-refractivity contribution in [3.63, 3.8) is 0 Å². The van der Waals surface area contributed by atoms with Gasteiger partial charge in [-0.3, -0.25) is 0 Å². The molecule has 0 aromatic heterocycles. The second-order valence-corrected chi connectivity index (χ2v) is 4.66. The van der Waals surface area contributed by atoms with E-state index in [4.69, 9.17) is 4.74 Å². The third kappa shape index (κ3) is 4.02.